The Morgan fingerprint density at radius 1 is 1.41 bits per heavy atom. The fourth-order valence-corrected chi connectivity index (χ4v) is 5.35. The van der Waals surface area contributed by atoms with Gasteiger partial charge < -0.3 is 4.52 Å². The first-order valence-electron chi connectivity index (χ1n) is 6.54. The van der Waals surface area contributed by atoms with Crippen LogP contribution in [0.3, 0.4) is 0 Å². The van der Waals surface area contributed by atoms with Gasteiger partial charge in [0.25, 0.3) is 0 Å². The molecule has 0 aliphatic carbocycles. The highest BCUT2D eigenvalue weighted by atomic mass is 79.9. The summed E-state index contributed by atoms with van der Waals surface area (Å²) < 4.78 is 31.1. The van der Waals surface area contributed by atoms with E-state index in [-0.39, 0.29) is 4.90 Å². The minimum absolute atomic E-state index is 0.187. The molecular formula is C14H13BrN2O3S2. The first-order chi connectivity index (χ1) is 10.3. The van der Waals surface area contributed by atoms with Gasteiger partial charge in [0.15, 0.2) is 5.76 Å². The van der Waals surface area contributed by atoms with E-state index < -0.39 is 10.0 Å². The number of aromatic nitrogens is 1. The summed E-state index contributed by atoms with van der Waals surface area (Å²) in [5.41, 5.74) is 1.38. The second kappa shape index (κ2) is 5.45. The quantitative estimate of drug-likeness (QED) is 0.723. The number of halogens is 1. The van der Waals surface area contributed by atoms with Gasteiger partial charge in [0.1, 0.15) is 4.90 Å². The Labute approximate surface area is 140 Å². The van der Waals surface area contributed by atoms with Crippen LogP contribution >= 0.6 is 27.3 Å². The molecule has 0 spiro atoms. The maximum atomic E-state index is 12.1. The van der Waals surface area contributed by atoms with Crippen LogP contribution < -0.4 is 5.14 Å². The SMILES string of the molecule is CCc1sc2cccc(-c3onc(C)c3Br)c2c1S(N)(=O)=O. The van der Waals surface area contributed by atoms with E-state index in [9.17, 15) is 8.42 Å². The molecule has 3 rings (SSSR count). The Bertz CT molecular complexity index is 974. The predicted octanol–water partition coefficient (Wildman–Crippen LogP) is 3.84. The van der Waals surface area contributed by atoms with Gasteiger partial charge in [-0.2, -0.15) is 0 Å². The highest BCUT2D eigenvalue weighted by molar-refractivity contribution is 9.10. The van der Waals surface area contributed by atoms with E-state index in [1.165, 1.54) is 11.3 Å². The summed E-state index contributed by atoms with van der Waals surface area (Å²) in [6, 6.07) is 5.56. The van der Waals surface area contributed by atoms with E-state index in [0.29, 0.717) is 33.3 Å². The van der Waals surface area contributed by atoms with Crippen LogP contribution in [0.5, 0.6) is 0 Å². The molecule has 2 aromatic heterocycles. The van der Waals surface area contributed by atoms with Crippen molar-refractivity contribution in [3.63, 3.8) is 0 Å². The normalized spacial score (nSPS) is 12.2. The maximum Gasteiger partial charge on any atom is 0.239 e. The molecule has 22 heavy (non-hydrogen) atoms. The fourth-order valence-electron chi connectivity index (χ4n) is 2.42. The highest BCUT2D eigenvalue weighted by Crippen LogP contribution is 2.42. The first kappa shape index (κ1) is 15.7. The summed E-state index contributed by atoms with van der Waals surface area (Å²) in [4.78, 5) is 0.934. The number of benzene rings is 1. The van der Waals surface area contributed by atoms with Crippen LogP contribution in [0.2, 0.25) is 0 Å². The van der Waals surface area contributed by atoms with E-state index in [1.807, 2.05) is 32.0 Å². The van der Waals surface area contributed by atoms with Crippen molar-refractivity contribution >= 4 is 47.4 Å². The minimum atomic E-state index is -3.83. The molecule has 2 heterocycles. The van der Waals surface area contributed by atoms with Crippen molar-refractivity contribution in [3.8, 4) is 11.3 Å². The third-order valence-corrected chi connectivity index (χ3v) is 6.76. The third-order valence-electron chi connectivity index (χ3n) is 3.38. The fraction of sp³-hybridized carbons (Fsp3) is 0.214. The molecule has 0 unspecified atom stereocenters. The smallest absolute Gasteiger partial charge is 0.239 e. The molecule has 5 nitrogen and oxygen atoms in total. The van der Waals surface area contributed by atoms with Gasteiger partial charge >= 0.3 is 0 Å². The van der Waals surface area contributed by atoms with Gasteiger partial charge in [0.2, 0.25) is 10.0 Å². The third kappa shape index (κ3) is 2.40. The van der Waals surface area contributed by atoms with Gasteiger partial charge in [-0.15, -0.1) is 11.3 Å². The molecule has 0 aliphatic rings. The lowest BCUT2D eigenvalue weighted by atomic mass is 10.1. The number of sulfonamides is 1. The zero-order valence-electron chi connectivity index (χ0n) is 11.9. The molecule has 0 saturated carbocycles. The standard InChI is InChI=1S/C14H13BrN2O3S2/c1-3-9-14(22(16,18)19)11-8(5-4-6-10(11)21-9)13-12(15)7(2)17-20-13/h4-6H,3H2,1-2H3,(H2,16,18,19). The van der Waals surface area contributed by atoms with E-state index in [4.69, 9.17) is 9.66 Å². The largest absolute Gasteiger partial charge is 0.355 e. The molecule has 0 amide bonds. The Morgan fingerprint density at radius 2 is 2.14 bits per heavy atom. The van der Waals surface area contributed by atoms with Gasteiger partial charge in [-0.25, -0.2) is 13.6 Å². The monoisotopic (exact) mass is 400 g/mol. The van der Waals surface area contributed by atoms with E-state index in [0.717, 1.165) is 9.58 Å². The van der Waals surface area contributed by atoms with Crippen molar-refractivity contribution in [1.82, 2.24) is 5.16 Å². The molecule has 0 saturated heterocycles. The van der Waals surface area contributed by atoms with Crippen LogP contribution in [0.15, 0.2) is 32.1 Å². The second-order valence-electron chi connectivity index (χ2n) is 4.84. The number of hydrogen-bond acceptors (Lipinski definition) is 5. The van der Waals surface area contributed by atoms with Gasteiger partial charge in [0, 0.05) is 20.5 Å². The summed E-state index contributed by atoms with van der Waals surface area (Å²) in [6.45, 7) is 3.72. The van der Waals surface area contributed by atoms with Crippen molar-refractivity contribution < 1.29 is 12.9 Å². The molecule has 2 N–H and O–H groups in total. The molecule has 0 fully saturated rings. The molecule has 0 atom stereocenters. The molecule has 0 bridgehead atoms. The molecule has 8 heteroatoms. The van der Waals surface area contributed by atoms with Gasteiger partial charge in [-0.05, 0) is 35.3 Å². The second-order valence-corrected chi connectivity index (χ2v) is 8.27. The number of aryl methyl sites for hydroxylation is 2. The van der Waals surface area contributed by atoms with Crippen molar-refractivity contribution in [2.24, 2.45) is 5.14 Å². The lowest BCUT2D eigenvalue weighted by Gasteiger charge is -2.04. The zero-order chi connectivity index (χ0) is 16.1. The maximum absolute atomic E-state index is 12.1. The number of primary sulfonamides is 1. The van der Waals surface area contributed by atoms with Gasteiger partial charge in [-0.1, -0.05) is 24.2 Å². The lowest BCUT2D eigenvalue weighted by Crippen LogP contribution is -2.13. The number of thiophene rings is 1. The molecular weight excluding hydrogens is 388 g/mol. The average molecular weight is 401 g/mol. The van der Waals surface area contributed by atoms with Crippen LogP contribution in [-0.4, -0.2) is 13.6 Å². The zero-order valence-corrected chi connectivity index (χ0v) is 15.1. The average Bonchev–Trinajstić information content (AvgIpc) is 2.99. The first-order valence-corrected chi connectivity index (χ1v) is 9.69. The van der Waals surface area contributed by atoms with Gasteiger partial charge in [0.05, 0.1) is 10.2 Å². The van der Waals surface area contributed by atoms with Crippen LogP contribution in [0.1, 0.15) is 17.5 Å². The van der Waals surface area contributed by atoms with E-state index in [1.54, 1.807) is 0 Å². The Hall–Kier alpha value is -1.22. The highest BCUT2D eigenvalue weighted by Gasteiger charge is 2.25. The molecule has 1 aromatic carbocycles. The van der Waals surface area contributed by atoms with Crippen molar-refractivity contribution in [2.75, 3.05) is 0 Å². The molecule has 116 valence electrons. The van der Waals surface area contributed by atoms with Crippen molar-refractivity contribution in [3.05, 3.63) is 33.2 Å². The number of rotatable bonds is 3. The summed E-state index contributed by atoms with van der Waals surface area (Å²) in [5.74, 6) is 0.508. The van der Waals surface area contributed by atoms with Crippen molar-refractivity contribution in [1.29, 1.82) is 0 Å². The summed E-state index contributed by atoms with van der Waals surface area (Å²) >= 11 is 4.87. The number of nitrogens with two attached hydrogens (primary N) is 1. The molecule has 0 aliphatic heterocycles. The topological polar surface area (TPSA) is 86.2 Å². The number of fused-ring (bicyclic) bond motifs is 1. The van der Waals surface area contributed by atoms with E-state index in [2.05, 4.69) is 21.1 Å². The van der Waals surface area contributed by atoms with Crippen molar-refractivity contribution in [2.45, 2.75) is 25.2 Å². The Morgan fingerprint density at radius 3 is 2.68 bits per heavy atom. The molecule has 3 aromatic rings. The van der Waals surface area contributed by atoms with Crippen LogP contribution in [0.4, 0.5) is 0 Å². The Kier molecular flexibility index (Phi) is 3.88. The summed E-state index contributed by atoms with van der Waals surface area (Å²) in [6.07, 6.45) is 0.598. The van der Waals surface area contributed by atoms with E-state index >= 15 is 0 Å². The summed E-state index contributed by atoms with van der Waals surface area (Å²) in [5, 5.41) is 9.97. The predicted molar refractivity (Wildman–Crippen MR) is 90.5 cm³/mol. The summed E-state index contributed by atoms with van der Waals surface area (Å²) in [7, 11) is -3.83. The van der Waals surface area contributed by atoms with Gasteiger partial charge in [-0.3, -0.25) is 0 Å². The number of nitrogens with zero attached hydrogens (tertiary/aromatic N) is 1. The minimum Gasteiger partial charge on any atom is -0.355 e. The van der Waals surface area contributed by atoms with Crippen LogP contribution in [0.25, 0.3) is 21.4 Å². The lowest BCUT2D eigenvalue weighted by molar-refractivity contribution is 0.427. The molecule has 0 radical (unpaired) electrons. The van der Waals surface area contributed by atoms with Crippen LogP contribution in [-0.2, 0) is 16.4 Å². The Balaban J connectivity index is 2.47. The van der Waals surface area contributed by atoms with Crippen LogP contribution in [0, 0.1) is 6.92 Å². The number of hydrogen-bond donors (Lipinski definition) is 1.